The number of methoxy groups -OCH3 is 2. The Hall–Kier alpha value is -2.47. The van der Waals surface area contributed by atoms with Crippen LogP contribution in [0.4, 0.5) is 0 Å². The summed E-state index contributed by atoms with van der Waals surface area (Å²) in [5.74, 6) is 1.37. The van der Waals surface area contributed by atoms with Crippen molar-refractivity contribution in [1.29, 1.82) is 0 Å². The van der Waals surface area contributed by atoms with Crippen LogP contribution in [-0.2, 0) is 13.1 Å². The normalized spacial score (nSPS) is 15.6. The van der Waals surface area contributed by atoms with Gasteiger partial charge in [-0.05, 0) is 19.1 Å². The Labute approximate surface area is 140 Å². The number of nitrogens with zero attached hydrogens (tertiary/aromatic N) is 2. The smallest absolute Gasteiger partial charge is 0.223 e. The van der Waals surface area contributed by atoms with Crippen molar-refractivity contribution in [3.63, 3.8) is 0 Å². The molecule has 1 aromatic carbocycles. The van der Waals surface area contributed by atoms with Gasteiger partial charge in [-0.3, -0.25) is 9.69 Å². The second-order valence-electron chi connectivity index (χ2n) is 5.93. The molecule has 1 aliphatic rings. The predicted octanol–water partition coefficient (Wildman–Crippen LogP) is 2.15. The molecule has 0 radical (unpaired) electrons. The van der Waals surface area contributed by atoms with Gasteiger partial charge in [-0.25, -0.2) is 0 Å². The van der Waals surface area contributed by atoms with Crippen LogP contribution in [0, 0.1) is 0 Å². The van der Waals surface area contributed by atoms with Gasteiger partial charge in [0.2, 0.25) is 5.43 Å². The highest BCUT2D eigenvalue weighted by atomic mass is 16.5. The van der Waals surface area contributed by atoms with Gasteiger partial charge in [0.05, 0.1) is 26.0 Å². The van der Waals surface area contributed by atoms with Crippen molar-refractivity contribution >= 4 is 0 Å². The lowest BCUT2D eigenvalue weighted by molar-refractivity contribution is 0.159. The maximum absolute atomic E-state index is 11.7. The van der Waals surface area contributed by atoms with Crippen molar-refractivity contribution in [2.45, 2.75) is 26.1 Å². The fourth-order valence-electron chi connectivity index (χ4n) is 3.28. The molecule has 0 bridgehead atoms. The van der Waals surface area contributed by atoms with Crippen LogP contribution in [0.25, 0.3) is 0 Å². The van der Waals surface area contributed by atoms with E-state index in [-0.39, 0.29) is 17.2 Å². The second-order valence-corrected chi connectivity index (χ2v) is 5.93. The summed E-state index contributed by atoms with van der Waals surface area (Å²) in [5, 5.41) is 9.58. The van der Waals surface area contributed by atoms with E-state index >= 15 is 0 Å². The van der Waals surface area contributed by atoms with E-state index in [1.807, 2.05) is 22.8 Å². The molecule has 0 amide bonds. The summed E-state index contributed by atoms with van der Waals surface area (Å²) in [7, 11) is 3.30. The number of aromatic nitrogens is 1. The molecule has 6 heteroatoms. The summed E-state index contributed by atoms with van der Waals surface area (Å²) in [6, 6.07) is 7.33. The van der Waals surface area contributed by atoms with Gasteiger partial charge in [0.1, 0.15) is 11.5 Å². The van der Waals surface area contributed by atoms with Gasteiger partial charge in [0.15, 0.2) is 5.75 Å². The molecule has 1 unspecified atom stereocenters. The molecule has 0 aliphatic carbocycles. The zero-order chi connectivity index (χ0) is 17.3. The topological polar surface area (TPSA) is 63.9 Å². The van der Waals surface area contributed by atoms with E-state index in [2.05, 4.69) is 11.8 Å². The zero-order valence-corrected chi connectivity index (χ0v) is 14.2. The third-order valence-corrected chi connectivity index (χ3v) is 4.62. The molecular weight excluding hydrogens is 308 g/mol. The summed E-state index contributed by atoms with van der Waals surface area (Å²) in [6.45, 7) is 4.25. The lowest BCUT2D eigenvalue weighted by Crippen LogP contribution is -2.37. The predicted molar refractivity (Wildman–Crippen MR) is 90.7 cm³/mol. The first-order valence-electron chi connectivity index (χ1n) is 7.92. The monoisotopic (exact) mass is 330 g/mol. The number of hydrogen-bond donors (Lipinski definition) is 1. The third kappa shape index (κ3) is 2.85. The molecule has 2 heterocycles. The highest BCUT2D eigenvalue weighted by Crippen LogP contribution is 2.37. The minimum Gasteiger partial charge on any atom is -0.503 e. The average Bonchev–Trinajstić information content (AvgIpc) is 2.60. The van der Waals surface area contributed by atoms with E-state index < -0.39 is 0 Å². The van der Waals surface area contributed by atoms with Crippen molar-refractivity contribution in [1.82, 2.24) is 9.47 Å². The molecule has 1 aliphatic heterocycles. The number of fused-ring (bicyclic) bond motifs is 1. The molecule has 0 fully saturated rings. The fraction of sp³-hybridized carbons (Fsp3) is 0.389. The highest BCUT2D eigenvalue weighted by Gasteiger charge is 2.26. The average molecular weight is 330 g/mol. The lowest BCUT2D eigenvalue weighted by Gasteiger charge is -2.35. The van der Waals surface area contributed by atoms with Crippen LogP contribution < -0.4 is 14.9 Å². The standard InChI is InChI=1S/C18H22N2O4/c1-12(18-16(23-2)5-4-6-17(18)24-3)19-7-8-20-11-15(22)14(21)9-13(20)10-19/h4-6,9,11-12,22H,7-8,10H2,1-3H3. The van der Waals surface area contributed by atoms with Crippen molar-refractivity contribution in [2.75, 3.05) is 20.8 Å². The Morgan fingerprint density at radius 1 is 1.17 bits per heavy atom. The summed E-state index contributed by atoms with van der Waals surface area (Å²) in [6.07, 6.45) is 1.52. The van der Waals surface area contributed by atoms with E-state index in [9.17, 15) is 9.90 Å². The molecule has 3 rings (SSSR count). The van der Waals surface area contributed by atoms with Gasteiger partial charge in [-0.15, -0.1) is 0 Å². The first-order valence-corrected chi connectivity index (χ1v) is 7.92. The highest BCUT2D eigenvalue weighted by molar-refractivity contribution is 5.46. The maximum atomic E-state index is 11.7. The van der Waals surface area contributed by atoms with E-state index in [0.29, 0.717) is 13.1 Å². The minimum atomic E-state index is -0.342. The van der Waals surface area contributed by atoms with Crippen molar-refractivity contribution in [3.05, 3.63) is 51.9 Å². The van der Waals surface area contributed by atoms with Gasteiger partial charge in [0, 0.05) is 37.4 Å². The molecular formula is C18H22N2O4. The lowest BCUT2D eigenvalue weighted by atomic mass is 10.0. The molecule has 1 aromatic heterocycles. The molecule has 0 saturated carbocycles. The van der Waals surface area contributed by atoms with Crippen molar-refractivity contribution in [3.8, 4) is 17.2 Å². The van der Waals surface area contributed by atoms with Crippen molar-refractivity contribution < 1.29 is 14.6 Å². The zero-order valence-electron chi connectivity index (χ0n) is 14.2. The van der Waals surface area contributed by atoms with Crippen LogP contribution in [0.5, 0.6) is 17.2 Å². The first kappa shape index (κ1) is 16.4. The van der Waals surface area contributed by atoms with Gasteiger partial charge >= 0.3 is 0 Å². The molecule has 0 spiro atoms. The molecule has 6 nitrogen and oxygen atoms in total. The van der Waals surface area contributed by atoms with Gasteiger partial charge in [0.25, 0.3) is 0 Å². The molecule has 128 valence electrons. The summed E-state index contributed by atoms with van der Waals surface area (Å²) in [4.78, 5) is 14.0. The molecule has 1 N–H and O–H groups in total. The quantitative estimate of drug-likeness (QED) is 0.930. The van der Waals surface area contributed by atoms with Gasteiger partial charge in [-0.2, -0.15) is 0 Å². The van der Waals surface area contributed by atoms with Gasteiger partial charge < -0.3 is 19.1 Å². The van der Waals surface area contributed by atoms with Crippen LogP contribution in [0.2, 0.25) is 0 Å². The Balaban J connectivity index is 1.93. The van der Waals surface area contributed by atoms with E-state index in [1.165, 1.54) is 12.3 Å². The largest absolute Gasteiger partial charge is 0.503 e. The van der Waals surface area contributed by atoms with Crippen LogP contribution in [-0.4, -0.2) is 35.3 Å². The summed E-state index contributed by atoms with van der Waals surface area (Å²) >= 11 is 0. The van der Waals surface area contributed by atoms with Crippen LogP contribution >= 0.6 is 0 Å². The number of benzene rings is 1. The van der Waals surface area contributed by atoms with Crippen molar-refractivity contribution in [2.24, 2.45) is 0 Å². The molecule has 1 atom stereocenters. The second kappa shape index (κ2) is 6.57. The Bertz CT molecular complexity index is 778. The maximum Gasteiger partial charge on any atom is 0.223 e. The molecule has 2 aromatic rings. The minimum absolute atomic E-state index is 0.0637. The van der Waals surface area contributed by atoms with Crippen LogP contribution in [0.3, 0.4) is 0 Å². The molecule has 0 saturated heterocycles. The number of aromatic hydroxyl groups is 1. The first-order chi connectivity index (χ1) is 11.5. The Morgan fingerprint density at radius 2 is 1.83 bits per heavy atom. The Kier molecular flexibility index (Phi) is 4.49. The van der Waals surface area contributed by atoms with E-state index in [1.54, 1.807) is 14.2 Å². The summed E-state index contributed by atoms with van der Waals surface area (Å²) < 4.78 is 12.9. The number of rotatable bonds is 4. The fourth-order valence-corrected chi connectivity index (χ4v) is 3.28. The Morgan fingerprint density at radius 3 is 2.46 bits per heavy atom. The van der Waals surface area contributed by atoms with Crippen LogP contribution in [0.15, 0.2) is 35.3 Å². The van der Waals surface area contributed by atoms with E-state index in [0.717, 1.165) is 29.3 Å². The number of pyridine rings is 1. The van der Waals surface area contributed by atoms with E-state index in [4.69, 9.17) is 9.47 Å². The van der Waals surface area contributed by atoms with Crippen LogP contribution in [0.1, 0.15) is 24.2 Å². The summed E-state index contributed by atoms with van der Waals surface area (Å²) in [5.41, 5.74) is 1.55. The molecule has 24 heavy (non-hydrogen) atoms. The van der Waals surface area contributed by atoms with Gasteiger partial charge in [-0.1, -0.05) is 6.07 Å². The SMILES string of the molecule is COc1cccc(OC)c1C(C)N1CCn2cc(O)c(=O)cc2C1. The number of hydrogen-bond acceptors (Lipinski definition) is 5. The third-order valence-electron chi connectivity index (χ3n) is 4.62. The number of ether oxygens (including phenoxy) is 2.